The molecule has 1 aliphatic rings. The highest BCUT2D eigenvalue weighted by atomic mass is 16.5. The molecule has 0 unspecified atom stereocenters. The highest BCUT2D eigenvalue weighted by Gasteiger charge is 2.18. The number of nitrogens with two attached hydrogens (primary N) is 1. The molecule has 1 aliphatic carbocycles. The van der Waals surface area contributed by atoms with Gasteiger partial charge in [-0.3, -0.25) is 4.79 Å². The summed E-state index contributed by atoms with van der Waals surface area (Å²) in [4.78, 5) is 10.9. The van der Waals surface area contributed by atoms with Gasteiger partial charge in [-0.25, -0.2) is 0 Å². The van der Waals surface area contributed by atoms with E-state index in [1.54, 1.807) is 0 Å². The fourth-order valence-corrected chi connectivity index (χ4v) is 1.80. The van der Waals surface area contributed by atoms with Gasteiger partial charge in [0.25, 0.3) is 0 Å². The molecule has 0 atom stereocenters. The molecule has 0 aliphatic heterocycles. The van der Waals surface area contributed by atoms with Crippen molar-refractivity contribution in [2.45, 2.75) is 51.2 Å². The summed E-state index contributed by atoms with van der Waals surface area (Å²) in [6.07, 6.45) is 5.13. The third-order valence-corrected chi connectivity index (χ3v) is 2.82. The summed E-state index contributed by atoms with van der Waals surface area (Å²) in [5.74, 6) is 0.0873. The Morgan fingerprint density at radius 2 is 2.07 bits per heavy atom. The lowest BCUT2D eigenvalue weighted by atomic mass is 9.94. The van der Waals surface area contributed by atoms with Gasteiger partial charge in [-0.2, -0.15) is 0 Å². The molecule has 0 bridgehead atoms. The molecule has 0 saturated heterocycles. The summed E-state index contributed by atoms with van der Waals surface area (Å²) in [5.41, 5.74) is 5.80. The first-order valence-electron chi connectivity index (χ1n) is 5.86. The Hall–Kier alpha value is -0.610. The van der Waals surface area contributed by atoms with Crippen LogP contribution in [0.25, 0.3) is 0 Å². The Labute approximate surface area is 91.5 Å². The SMILES string of the molecule is CCC(=O)NCCOC1CCC(N)CC1. The van der Waals surface area contributed by atoms with E-state index in [-0.39, 0.29) is 5.91 Å². The third kappa shape index (κ3) is 5.14. The maximum atomic E-state index is 10.9. The smallest absolute Gasteiger partial charge is 0.219 e. The number of hydrogen-bond donors (Lipinski definition) is 2. The van der Waals surface area contributed by atoms with E-state index in [9.17, 15) is 4.79 Å². The highest BCUT2D eigenvalue weighted by Crippen LogP contribution is 2.19. The van der Waals surface area contributed by atoms with Crippen molar-refractivity contribution in [2.75, 3.05) is 13.2 Å². The Morgan fingerprint density at radius 3 is 2.67 bits per heavy atom. The zero-order valence-electron chi connectivity index (χ0n) is 9.50. The molecular formula is C11H22N2O2. The molecule has 0 aromatic rings. The Bertz CT molecular complexity index is 189. The summed E-state index contributed by atoms with van der Waals surface area (Å²) in [6, 6.07) is 0.365. The van der Waals surface area contributed by atoms with Crippen molar-refractivity contribution in [2.24, 2.45) is 5.73 Å². The van der Waals surface area contributed by atoms with E-state index in [4.69, 9.17) is 10.5 Å². The second-order valence-electron chi connectivity index (χ2n) is 4.11. The minimum absolute atomic E-state index is 0.0873. The molecule has 1 rings (SSSR count). The molecule has 0 heterocycles. The van der Waals surface area contributed by atoms with Crippen molar-refractivity contribution in [3.63, 3.8) is 0 Å². The van der Waals surface area contributed by atoms with E-state index < -0.39 is 0 Å². The first kappa shape index (κ1) is 12.5. The van der Waals surface area contributed by atoms with Gasteiger partial charge in [-0.15, -0.1) is 0 Å². The van der Waals surface area contributed by atoms with Crippen LogP contribution in [0.3, 0.4) is 0 Å². The molecule has 88 valence electrons. The topological polar surface area (TPSA) is 64.3 Å². The molecule has 0 radical (unpaired) electrons. The number of ether oxygens (including phenoxy) is 1. The maximum Gasteiger partial charge on any atom is 0.219 e. The summed E-state index contributed by atoms with van der Waals surface area (Å²) in [7, 11) is 0. The normalized spacial score (nSPS) is 26.3. The summed E-state index contributed by atoms with van der Waals surface area (Å²) in [6.45, 7) is 3.08. The molecule has 4 heteroatoms. The molecule has 1 fully saturated rings. The van der Waals surface area contributed by atoms with Crippen molar-refractivity contribution in [1.82, 2.24) is 5.32 Å². The largest absolute Gasteiger partial charge is 0.376 e. The molecule has 0 aromatic carbocycles. The summed E-state index contributed by atoms with van der Waals surface area (Å²) >= 11 is 0. The van der Waals surface area contributed by atoms with E-state index in [0.717, 1.165) is 25.7 Å². The van der Waals surface area contributed by atoms with Gasteiger partial charge in [-0.1, -0.05) is 6.92 Å². The monoisotopic (exact) mass is 214 g/mol. The molecule has 15 heavy (non-hydrogen) atoms. The van der Waals surface area contributed by atoms with Gasteiger partial charge in [0.2, 0.25) is 5.91 Å². The van der Waals surface area contributed by atoms with Crippen LogP contribution in [0, 0.1) is 0 Å². The van der Waals surface area contributed by atoms with Crippen LogP contribution >= 0.6 is 0 Å². The van der Waals surface area contributed by atoms with Crippen LogP contribution in [-0.4, -0.2) is 31.2 Å². The quantitative estimate of drug-likeness (QED) is 0.665. The molecular weight excluding hydrogens is 192 g/mol. The van der Waals surface area contributed by atoms with Gasteiger partial charge in [-0.05, 0) is 25.7 Å². The molecule has 3 N–H and O–H groups in total. The minimum atomic E-state index is 0.0873. The van der Waals surface area contributed by atoms with Crippen molar-refractivity contribution in [3.8, 4) is 0 Å². The Morgan fingerprint density at radius 1 is 1.40 bits per heavy atom. The first-order chi connectivity index (χ1) is 7.22. The number of carbonyl (C=O) groups excluding carboxylic acids is 1. The fourth-order valence-electron chi connectivity index (χ4n) is 1.80. The van der Waals surface area contributed by atoms with Gasteiger partial charge >= 0.3 is 0 Å². The van der Waals surface area contributed by atoms with Crippen molar-refractivity contribution in [3.05, 3.63) is 0 Å². The second-order valence-corrected chi connectivity index (χ2v) is 4.11. The number of hydrogen-bond acceptors (Lipinski definition) is 3. The van der Waals surface area contributed by atoms with Crippen molar-refractivity contribution >= 4 is 5.91 Å². The zero-order chi connectivity index (χ0) is 11.1. The van der Waals surface area contributed by atoms with Crippen LogP contribution in [0.1, 0.15) is 39.0 Å². The molecule has 0 spiro atoms. The lowest BCUT2D eigenvalue weighted by Crippen LogP contribution is -2.32. The van der Waals surface area contributed by atoms with Crippen LogP contribution in [0.2, 0.25) is 0 Å². The van der Waals surface area contributed by atoms with E-state index in [2.05, 4.69) is 5.32 Å². The van der Waals surface area contributed by atoms with Gasteiger partial charge < -0.3 is 15.8 Å². The summed E-state index contributed by atoms with van der Waals surface area (Å²) in [5, 5.41) is 2.79. The number of rotatable bonds is 5. The number of amides is 1. The zero-order valence-corrected chi connectivity index (χ0v) is 9.50. The van der Waals surface area contributed by atoms with Crippen LogP contribution in [0.5, 0.6) is 0 Å². The predicted molar refractivity (Wildman–Crippen MR) is 59.5 cm³/mol. The van der Waals surface area contributed by atoms with E-state index in [1.807, 2.05) is 6.92 Å². The molecule has 1 amide bonds. The van der Waals surface area contributed by atoms with Crippen molar-refractivity contribution < 1.29 is 9.53 Å². The standard InChI is InChI=1S/C11H22N2O2/c1-2-11(14)13-7-8-15-10-5-3-9(12)4-6-10/h9-10H,2-8,12H2,1H3,(H,13,14). The summed E-state index contributed by atoms with van der Waals surface area (Å²) < 4.78 is 5.66. The maximum absolute atomic E-state index is 10.9. The minimum Gasteiger partial charge on any atom is -0.376 e. The molecule has 0 aromatic heterocycles. The van der Waals surface area contributed by atoms with Crippen LogP contribution in [0.4, 0.5) is 0 Å². The Kier molecular flexibility index (Phi) is 5.65. The highest BCUT2D eigenvalue weighted by molar-refractivity contribution is 5.75. The predicted octanol–water partition coefficient (Wildman–Crippen LogP) is 0.799. The lowest BCUT2D eigenvalue weighted by Gasteiger charge is -2.26. The van der Waals surface area contributed by atoms with Crippen LogP contribution in [-0.2, 0) is 9.53 Å². The van der Waals surface area contributed by atoms with Crippen LogP contribution in [0.15, 0.2) is 0 Å². The number of nitrogens with one attached hydrogen (secondary N) is 1. The average Bonchev–Trinajstić information content (AvgIpc) is 2.26. The van der Waals surface area contributed by atoms with Gasteiger partial charge in [0.15, 0.2) is 0 Å². The van der Waals surface area contributed by atoms with E-state index in [1.165, 1.54) is 0 Å². The average molecular weight is 214 g/mol. The van der Waals surface area contributed by atoms with Crippen LogP contribution < -0.4 is 11.1 Å². The van der Waals surface area contributed by atoms with Gasteiger partial charge in [0.05, 0.1) is 12.7 Å². The Balaban J connectivity index is 1.98. The second kappa shape index (κ2) is 6.80. The third-order valence-electron chi connectivity index (χ3n) is 2.82. The number of carbonyl (C=O) groups is 1. The van der Waals surface area contributed by atoms with Crippen molar-refractivity contribution in [1.29, 1.82) is 0 Å². The molecule has 1 saturated carbocycles. The fraction of sp³-hybridized carbons (Fsp3) is 0.909. The first-order valence-corrected chi connectivity index (χ1v) is 5.86. The lowest BCUT2D eigenvalue weighted by molar-refractivity contribution is -0.121. The van der Waals surface area contributed by atoms with Gasteiger partial charge in [0, 0.05) is 19.0 Å². The van der Waals surface area contributed by atoms with E-state index in [0.29, 0.717) is 31.7 Å². The van der Waals surface area contributed by atoms with Gasteiger partial charge in [0.1, 0.15) is 0 Å². The molecule has 4 nitrogen and oxygen atoms in total. The van der Waals surface area contributed by atoms with E-state index >= 15 is 0 Å².